The van der Waals surface area contributed by atoms with Gasteiger partial charge in [-0.3, -0.25) is 4.79 Å². The first-order valence-electron chi connectivity index (χ1n) is 9.67. The number of hydrogen-bond donors (Lipinski definition) is 2. The molecule has 2 N–H and O–H groups in total. The fourth-order valence-electron chi connectivity index (χ4n) is 3.76. The van der Waals surface area contributed by atoms with Crippen molar-refractivity contribution in [3.8, 4) is 0 Å². The molecule has 0 aliphatic heterocycles. The van der Waals surface area contributed by atoms with Crippen molar-refractivity contribution in [2.75, 3.05) is 23.3 Å². The molecule has 144 valence electrons. The summed E-state index contributed by atoms with van der Waals surface area (Å²) in [5, 5.41) is 13.3. The summed E-state index contributed by atoms with van der Waals surface area (Å²) in [5.41, 5.74) is 4.36. The predicted octanol–water partition coefficient (Wildman–Crippen LogP) is 4.03. The van der Waals surface area contributed by atoms with E-state index in [0.717, 1.165) is 30.1 Å². The number of rotatable bonds is 5. The van der Waals surface area contributed by atoms with E-state index < -0.39 is 0 Å². The topological polar surface area (TPSA) is 69.9 Å². The van der Waals surface area contributed by atoms with E-state index in [-0.39, 0.29) is 17.2 Å². The summed E-state index contributed by atoms with van der Waals surface area (Å²) in [6.45, 7) is 6.09. The maximum Gasteiger partial charge on any atom is 0.261 e. The Labute approximate surface area is 164 Å². The summed E-state index contributed by atoms with van der Waals surface area (Å²) in [4.78, 5) is 19.8. The number of hydrogen-bond acceptors (Lipinski definition) is 4. The standard InChI is InChI=1S/C22H24N4O2/c1-3-25(4-2)16-10-8-15(9-11-16)23-22(28)20-18(27)13-12-17-21(20)24-19-7-5-6-14-26(17)19/h5-11,14,27H,3-4,12-13H2,1-2H3,(H,23,28). The third-order valence-corrected chi connectivity index (χ3v) is 5.23. The molecule has 1 aromatic carbocycles. The van der Waals surface area contributed by atoms with E-state index in [1.54, 1.807) is 0 Å². The number of aromatic nitrogens is 2. The molecule has 1 amide bonds. The Hall–Kier alpha value is -3.28. The number of aliphatic hydroxyl groups excluding tert-OH is 1. The number of nitrogens with one attached hydrogen (secondary N) is 1. The van der Waals surface area contributed by atoms with Crippen LogP contribution in [0, 0.1) is 0 Å². The molecule has 0 saturated carbocycles. The molecule has 0 bridgehead atoms. The van der Waals surface area contributed by atoms with E-state index in [0.29, 0.717) is 24.2 Å². The summed E-state index contributed by atoms with van der Waals surface area (Å²) < 4.78 is 1.98. The average molecular weight is 376 g/mol. The van der Waals surface area contributed by atoms with Gasteiger partial charge in [0.2, 0.25) is 0 Å². The predicted molar refractivity (Wildman–Crippen MR) is 112 cm³/mol. The molecule has 0 atom stereocenters. The normalized spacial score (nSPS) is 13.5. The summed E-state index contributed by atoms with van der Waals surface area (Å²) >= 11 is 0. The van der Waals surface area contributed by atoms with Gasteiger partial charge in [-0.05, 0) is 56.7 Å². The molecular formula is C22H24N4O2. The number of pyridine rings is 1. The molecule has 6 nitrogen and oxygen atoms in total. The number of nitrogens with zero attached hydrogens (tertiary/aromatic N) is 3. The van der Waals surface area contributed by atoms with Crippen LogP contribution in [0.5, 0.6) is 0 Å². The van der Waals surface area contributed by atoms with E-state index in [1.807, 2.05) is 53.1 Å². The molecule has 0 spiro atoms. The number of imidazole rings is 1. The third-order valence-electron chi connectivity index (χ3n) is 5.23. The van der Waals surface area contributed by atoms with Crippen LogP contribution in [-0.4, -0.2) is 33.5 Å². The Morgan fingerprint density at radius 1 is 1.14 bits per heavy atom. The second kappa shape index (κ2) is 7.38. The third kappa shape index (κ3) is 3.11. The van der Waals surface area contributed by atoms with Crippen molar-refractivity contribution in [1.29, 1.82) is 0 Å². The molecule has 0 radical (unpaired) electrons. The van der Waals surface area contributed by atoms with Crippen molar-refractivity contribution in [2.45, 2.75) is 26.7 Å². The van der Waals surface area contributed by atoms with Crippen LogP contribution in [0.25, 0.3) is 11.2 Å². The first-order valence-corrected chi connectivity index (χ1v) is 9.67. The zero-order valence-corrected chi connectivity index (χ0v) is 16.1. The highest BCUT2D eigenvalue weighted by Crippen LogP contribution is 2.31. The number of amides is 1. The zero-order valence-electron chi connectivity index (χ0n) is 16.1. The summed E-state index contributed by atoms with van der Waals surface area (Å²) in [6, 6.07) is 13.5. The smallest absolute Gasteiger partial charge is 0.261 e. The second-order valence-electron chi connectivity index (χ2n) is 6.83. The molecule has 0 fully saturated rings. The lowest BCUT2D eigenvalue weighted by Gasteiger charge is -2.21. The number of carbonyl (C=O) groups is 1. The summed E-state index contributed by atoms with van der Waals surface area (Å²) in [7, 11) is 0. The van der Waals surface area contributed by atoms with Crippen LogP contribution in [0.3, 0.4) is 0 Å². The van der Waals surface area contributed by atoms with E-state index in [2.05, 4.69) is 29.0 Å². The number of benzene rings is 1. The van der Waals surface area contributed by atoms with Gasteiger partial charge in [0.25, 0.3) is 5.91 Å². The molecule has 1 aliphatic carbocycles. The van der Waals surface area contributed by atoms with E-state index in [9.17, 15) is 9.90 Å². The first-order chi connectivity index (χ1) is 13.6. The van der Waals surface area contributed by atoms with Crippen molar-refractivity contribution < 1.29 is 9.90 Å². The van der Waals surface area contributed by atoms with Crippen LogP contribution in [-0.2, 0) is 11.2 Å². The fourth-order valence-corrected chi connectivity index (χ4v) is 3.76. The van der Waals surface area contributed by atoms with Gasteiger partial charge in [-0.1, -0.05) is 6.07 Å². The van der Waals surface area contributed by atoms with Gasteiger partial charge in [-0.25, -0.2) is 4.98 Å². The van der Waals surface area contributed by atoms with Crippen LogP contribution in [0.4, 0.5) is 11.4 Å². The maximum absolute atomic E-state index is 13.0. The van der Waals surface area contributed by atoms with Crippen LogP contribution < -0.4 is 10.2 Å². The van der Waals surface area contributed by atoms with E-state index >= 15 is 0 Å². The Balaban J connectivity index is 1.62. The highest BCUT2D eigenvalue weighted by molar-refractivity contribution is 6.26. The lowest BCUT2D eigenvalue weighted by atomic mass is 9.97. The summed E-state index contributed by atoms with van der Waals surface area (Å²) in [6.07, 6.45) is 3.02. The van der Waals surface area contributed by atoms with Crippen molar-refractivity contribution >= 4 is 28.5 Å². The van der Waals surface area contributed by atoms with Gasteiger partial charge in [0.1, 0.15) is 22.7 Å². The molecular weight excluding hydrogens is 352 g/mol. The van der Waals surface area contributed by atoms with Gasteiger partial charge in [-0.2, -0.15) is 0 Å². The number of allylic oxidation sites excluding steroid dienone is 1. The van der Waals surface area contributed by atoms with Crippen molar-refractivity contribution in [2.24, 2.45) is 0 Å². The highest BCUT2D eigenvalue weighted by atomic mass is 16.3. The molecule has 6 heteroatoms. The van der Waals surface area contributed by atoms with Crippen LogP contribution in [0.2, 0.25) is 0 Å². The SMILES string of the molecule is CCN(CC)c1ccc(NC(=O)C2=C(O)CCc3c2nc2ccccn32)cc1. The van der Waals surface area contributed by atoms with Crippen molar-refractivity contribution in [3.63, 3.8) is 0 Å². The molecule has 2 heterocycles. The first kappa shape index (κ1) is 18.1. The van der Waals surface area contributed by atoms with E-state index in [1.165, 1.54) is 0 Å². The van der Waals surface area contributed by atoms with E-state index in [4.69, 9.17) is 0 Å². The van der Waals surface area contributed by atoms with Gasteiger partial charge >= 0.3 is 0 Å². The van der Waals surface area contributed by atoms with Crippen LogP contribution in [0.1, 0.15) is 31.7 Å². The Morgan fingerprint density at radius 3 is 2.61 bits per heavy atom. The van der Waals surface area contributed by atoms with Crippen molar-refractivity contribution in [1.82, 2.24) is 9.38 Å². The lowest BCUT2D eigenvalue weighted by Crippen LogP contribution is -2.22. The molecule has 28 heavy (non-hydrogen) atoms. The molecule has 1 aliphatic rings. The minimum atomic E-state index is -0.336. The van der Waals surface area contributed by atoms with Crippen molar-refractivity contribution in [3.05, 3.63) is 65.8 Å². The Kier molecular flexibility index (Phi) is 4.77. The van der Waals surface area contributed by atoms with Gasteiger partial charge < -0.3 is 19.7 Å². The number of carbonyl (C=O) groups excluding carboxylic acids is 1. The lowest BCUT2D eigenvalue weighted by molar-refractivity contribution is -0.111. The molecule has 3 aromatic rings. The second-order valence-corrected chi connectivity index (χ2v) is 6.83. The molecule has 0 saturated heterocycles. The number of aliphatic hydroxyl groups is 1. The summed E-state index contributed by atoms with van der Waals surface area (Å²) in [5.74, 6) is -0.245. The average Bonchev–Trinajstić information content (AvgIpc) is 3.08. The van der Waals surface area contributed by atoms with Gasteiger partial charge in [0.15, 0.2) is 0 Å². The molecule has 0 unspecified atom stereocenters. The van der Waals surface area contributed by atoms with Gasteiger partial charge in [0, 0.05) is 37.1 Å². The zero-order chi connectivity index (χ0) is 19.7. The molecule has 4 rings (SSSR count). The minimum absolute atomic E-state index is 0.0909. The quantitative estimate of drug-likeness (QED) is 0.705. The fraction of sp³-hybridized carbons (Fsp3) is 0.273. The van der Waals surface area contributed by atoms with Gasteiger partial charge in [0.05, 0.1) is 5.69 Å². The number of fused-ring (bicyclic) bond motifs is 3. The Morgan fingerprint density at radius 2 is 1.89 bits per heavy atom. The largest absolute Gasteiger partial charge is 0.511 e. The molecule has 2 aromatic heterocycles. The Bertz CT molecular complexity index is 1050. The van der Waals surface area contributed by atoms with Crippen LogP contribution >= 0.6 is 0 Å². The number of anilines is 2. The minimum Gasteiger partial charge on any atom is -0.511 e. The number of aryl methyl sites for hydroxylation is 1. The van der Waals surface area contributed by atoms with Crippen LogP contribution in [0.15, 0.2) is 54.4 Å². The van der Waals surface area contributed by atoms with Gasteiger partial charge in [-0.15, -0.1) is 0 Å². The monoisotopic (exact) mass is 376 g/mol. The highest BCUT2D eigenvalue weighted by Gasteiger charge is 2.28. The maximum atomic E-state index is 13.0.